The van der Waals surface area contributed by atoms with Crippen molar-refractivity contribution in [3.8, 4) is 0 Å². The van der Waals surface area contributed by atoms with Gasteiger partial charge in [0.2, 0.25) is 0 Å². The van der Waals surface area contributed by atoms with E-state index in [1.54, 1.807) is 30.7 Å². The van der Waals surface area contributed by atoms with Crippen LogP contribution in [0.5, 0.6) is 0 Å². The Bertz CT molecular complexity index is 1780. The summed E-state index contributed by atoms with van der Waals surface area (Å²) in [6.45, 7) is 4.77. The lowest BCUT2D eigenvalue weighted by atomic mass is 10.0. The molecule has 2 aliphatic rings. The second kappa shape index (κ2) is 14.6. The Morgan fingerprint density at radius 1 is 1.07 bits per heavy atom. The molecule has 13 heteroatoms. The van der Waals surface area contributed by atoms with E-state index in [-0.39, 0.29) is 5.37 Å². The average molecular weight is 662 g/mol. The molecule has 0 saturated carbocycles. The summed E-state index contributed by atoms with van der Waals surface area (Å²) in [5.41, 5.74) is 3.58. The molecule has 0 spiro atoms. The van der Waals surface area contributed by atoms with Gasteiger partial charge in [-0.25, -0.2) is 4.18 Å². The summed E-state index contributed by atoms with van der Waals surface area (Å²) < 4.78 is 37.0. The number of nitrogens with zero attached hydrogens (tertiary/aromatic N) is 4. The van der Waals surface area contributed by atoms with E-state index in [4.69, 9.17) is 13.8 Å². The summed E-state index contributed by atoms with van der Waals surface area (Å²) >= 11 is 1.29. The third-order valence-electron chi connectivity index (χ3n) is 7.57. The SMILES string of the molecule is CS(=O)(=O)OC1SC(c2cccnc2)n2ccc(C(=O)Nc3cccc(C(=NOCCCN4CCOCC4)c4ccccc4)c3)c21. The molecule has 1 amide bonds. The monoisotopic (exact) mass is 661 g/mol. The molecule has 0 radical (unpaired) electrons. The van der Waals surface area contributed by atoms with Crippen LogP contribution >= 0.6 is 11.8 Å². The number of oxime groups is 1. The highest BCUT2D eigenvalue weighted by atomic mass is 32.2. The Morgan fingerprint density at radius 3 is 2.63 bits per heavy atom. The number of ether oxygens (including phenoxy) is 1. The van der Waals surface area contributed by atoms with E-state index in [1.165, 1.54) is 11.8 Å². The number of anilines is 1. The van der Waals surface area contributed by atoms with Crippen LogP contribution in [0.25, 0.3) is 0 Å². The molecule has 2 aliphatic heterocycles. The second-order valence-electron chi connectivity index (χ2n) is 10.9. The topological polar surface area (TPSA) is 124 Å². The lowest BCUT2D eigenvalue weighted by Gasteiger charge is -2.26. The fourth-order valence-corrected chi connectivity index (χ4v) is 7.68. The van der Waals surface area contributed by atoms with Crippen LogP contribution in [0.2, 0.25) is 0 Å². The van der Waals surface area contributed by atoms with E-state index in [9.17, 15) is 13.2 Å². The molecule has 240 valence electrons. The Balaban J connectivity index is 1.21. The number of rotatable bonds is 12. The molecular weight excluding hydrogens is 627 g/mol. The predicted octanol–water partition coefficient (Wildman–Crippen LogP) is 4.90. The van der Waals surface area contributed by atoms with Gasteiger partial charge in [-0.2, -0.15) is 8.42 Å². The summed E-state index contributed by atoms with van der Waals surface area (Å²) in [6.07, 6.45) is 7.00. The first kappa shape index (κ1) is 32.0. The van der Waals surface area contributed by atoms with Gasteiger partial charge in [-0.15, -0.1) is 0 Å². The number of nitrogens with one attached hydrogen (secondary N) is 1. The maximum Gasteiger partial charge on any atom is 0.265 e. The van der Waals surface area contributed by atoms with Gasteiger partial charge in [0.15, 0.2) is 5.44 Å². The van der Waals surface area contributed by atoms with Crippen molar-refractivity contribution in [3.05, 3.63) is 119 Å². The van der Waals surface area contributed by atoms with Gasteiger partial charge < -0.3 is 19.5 Å². The molecular formula is C33H35N5O6S2. The number of amides is 1. The summed E-state index contributed by atoms with van der Waals surface area (Å²) in [6, 6.07) is 22.5. The number of thioether (sulfide) groups is 1. The quantitative estimate of drug-likeness (QED) is 0.0978. The van der Waals surface area contributed by atoms with Gasteiger partial charge >= 0.3 is 0 Å². The molecule has 2 aromatic carbocycles. The molecule has 2 aromatic heterocycles. The van der Waals surface area contributed by atoms with E-state index < -0.39 is 21.5 Å². The third-order valence-corrected chi connectivity index (χ3v) is 9.56. The third kappa shape index (κ3) is 7.85. The summed E-state index contributed by atoms with van der Waals surface area (Å²) in [5.74, 6) is -0.391. The number of hydrogen-bond donors (Lipinski definition) is 1. The molecule has 1 N–H and O–H groups in total. The molecule has 4 heterocycles. The van der Waals surface area contributed by atoms with Crippen LogP contribution in [0, 0.1) is 0 Å². The van der Waals surface area contributed by atoms with Gasteiger partial charge in [0.05, 0.1) is 30.7 Å². The first-order valence-electron chi connectivity index (χ1n) is 15.0. The Labute approximate surface area is 272 Å². The summed E-state index contributed by atoms with van der Waals surface area (Å²) in [5, 5.41) is 7.20. The minimum atomic E-state index is -3.81. The van der Waals surface area contributed by atoms with Crippen molar-refractivity contribution in [2.75, 3.05) is 51.0 Å². The maximum atomic E-state index is 13.7. The van der Waals surface area contributed by atoms with Gasteiger partial charge in [0.1, 0.15) is 17.7 Å². The lowest BCUT2D eigenvalue weighted by Crippen LogP contribution is -2.37. The number of pyridine rings is 1. The second-order valence-corrected chi connectivity index (χ2v) is 13.7. The smallest absolute Gasteiger partial charge is 0.265 e. The van der Waals surface area contributed by atoms with E-state index >= 15 is 0 Å². The number of aromatic nitrogens is 2. The first-order chi connectivity index (χ1) is 22.4. The lowest BCUT2D eigenvalue weighted by molar-refractivity contribution is 0.0323. The van der Waals surface area contributed by atoms with Crippen molar-refractivity contribution in [1.82, 2.24) is 14.5 Å². The van der Waals surface area contributed by atoms with Crippen LogP contribution in [0.3, 0.4) is 0 Å². The molecule has 0 bridgehead atoms. The van der Waals surface area contributed by atoms with E-state index in [2.05, 4.69) is 20.4 Å². The largest absolute Gasteiger partial charge is 0.395 e. The van der Waals surface area contributed by atoms with Crippen molar-refractivity contribution in [2.45, 2.75) is 17.2 Å². The highest BCUT2D eigenvalue weighted by Gasteiger charge is 2.39. The van der Waals surface area contributed by atoms with Crippen molar-refractivity contribution >= 4 is 39.2 Å². The summed E-state index contributed by atoms with van der Waals surface area (Å²) in [7, 11) is -3.81. The average Bonchev–Trinajstić information content (AvgIpc) is 3.65. The van der Waals surface area contributed by atoms with Gasteiger partial charge in [-0.1, -0.05) is 65.4 Å². The number of carbonyl (C=O) groups excluding carboxylic acids is 1. The van der Waals surface area contributed by atoms with Crippen LogP contribution in [-0.2, 0) is 23.9 Å². The Hall–Kier alpha value is -4.01. The molecule has 2 atom stereocenters. The molecule has 0 aliphatic carbocycles. The van der Waals surface area contributed by atoms with Crippen LogP contribution in [0.4, 0.5) is 5.69 Å². The van der Waals surface area contributed by atoms with Crippen LogP contribution in [0.15, 0.2) is 96.5 Å². The van der Waals surface area contributed by atoms with Crippen LogP contribution in [-0.4, -0.2) is 80.2 Å². The normalized spacial score (nSPS) is 18.7. The number of hydrogen-bond acceptors (Lipinski definition) is 10. The fraction of sp³-hybridized carbons (Fsp3) is 0.303. The van der Waals surface area contributed by atoms with Crippen molar-refractivity contribution in [3.63, 3.8) is 0 Å². The van der Waals surface area contributed by atoms with Crippen molar-refractivity contribution < 1.29 is 27.0 Å². The standard InChI is InChI=1S/C33H35N5O6S2/c1-46(40,41)44-33-30-28(13-16-38(30)32(45-33)26-11-6-14-34-23-26)31(39)35-27-12-5-10-25(22-27)29(24-8-3-2-4-9-24)36-43-19-7-15-37-17-20-42-21-18-37/h2-6,8-14,16,22-23,32-33H,7,15,17-21H2,1H3,(H,35,39). The molecule has 6 rings (SSSR count). The molecule has 11 nitrogen and oxygen atoms in total. The minimum Gasteiger partial charge on any atom is -0.395 e. The van der Waals surface area contributed by atoms with E-state index in [0.717, 1.165) is 62.2 Å². The first-order valence-corrected chi connectivity index (χ1v) is 17.7. The molecule has 4 aromatic rings. The zero-order chi connectivity index (χ0) is 31.9. The van der Waals surface area contributed by atoms with Crippen LogP contribution < -0.4 is 5.32 Å². The Kier molecular flexibility index (Phi) is 10.1. The number of benzene rings is 2. The van der Waals surface area contributed by atoms with Gasteiger partial charge in [-0.05, 0) is 30.7 Å². The highest BCUT2D eigenvalue weighted by Crippen LogP contribution is 2.51. The van der Waals surface area contributed by atoms with Crippen LogP contribution in [0.1, 0.15) is 50.0 Å². The van der Waals surface area contributed by atoms with Crippen molar-refractivity contribution in [2.24, 2.45) is 5.16 Å². The number of carbonyl (C=O) groups is 1. The number of fused-ring (bicyclic) bond motifs is 1. The highest BCUT2D eigenvalue weighted by molar-refractivity contribution is 8.00. The molecule has 1 fully saturated rings. The summed E-state index contributed by atoms with van der Waals surface area (Å²) in [4.78, 5) is 26.0. The van der Waals surface area contributed by atoms with Gasteiger partial charge in [0.25, 0.3) is 16.0 Å². The fourth-order valence-electron chi connectivity index (χ4n) is 5.44. The predicted molar refractivity (Wildman–Crippen MR) is 177 cm³/mol. The molecule has 1 saturated heterocycles. The zero-order valence-electron chi connectivity index (χ0n) is 25.3. The zero-order valence-corrected chi connectivity index (χ0v) is 27.0. The van der Waals surface area contributed by atoms with Crippen molar-refractivity contribution in [1.29, 1.82) is 0 Å². The molecule has 2 unspecified atom stereocenters. The Morgan fingerprint density at radius 2 is 1.87 bits per heavy atom. The van der Waals surface area contributed by atoms with E-state index in [1.807, 2.05) is 65.2 Å². The molecule has 46 heavy (non-hydrogen) atoms. The van der Waals surface area contributed by atoms with Gasteiger partial charge in [-0.3, -0.25) is 14.7 Å². The van der Waals surface area contributed by atoms with Gasteiger partial charge in [0, 0.05) is 60.6 Å². The minimum absolute atomic E-state index is 0.307. The maximum absolute atomic E-state index is 13.7. The van der Waals surface area contributed by atoms with E-state index in [0.29, 0.717) is 29.3 Å². The number of morpholine rings is 1.